The summed E-state index contributed by atoms with van der Waals surface area (Å²) in [6.07, 6.45) is 0. The predicted molar refractivity (Wildman–Crippen MR) is 76.8 cm³/mol. The minimum Gasteiger partial charge on any atom is -0.399 e. The molecule has 0 atom stereocenters. The molecule has 2 N–H and O–H groups in total. The zero-order valence-electron chi connectivity index (χ0n) is 9.29. The second-order valence-electron chi connectivity index (χ2n) is 3.71. The van der Waals surface area contributed by atoms with Crippen LogP contribution < -0.4 is 5.73 Å². The summed E-state index contributed by atoms with van der Waals surface area (Å²) in [5, 5.41) is 1.13. The molecule has 0 aliphatic heterocycles. The summed E-state index contributed by atoms with van der Waals surface area (Å²) in [7, 11) is 0. The van der Waals surface area contributed by atoms with E-state index in [-0.39, 0.29) is 5.82 Å². The van der Waals surface area contributed by atoms with E-state index in [1.54, 1.807) is 24.3 Å². The largest absolute Gasteiger partial charge is 0.399 e. The van der Waals surface area contributed by atoms with Crippen LogP contribution in [-0.2, 0) is 5.75 Å². The van der Waals surface area contributed by atoms with Crippen molar-refractivity contribution in [2.45, 2.75) is 10.6 Å². The van der Waals surface area contributed by atoms with E-state index in [1.165, 1.54) is 23.9 Å². The normalized spacial score (nSPS) is 10.6. The van der Waals surface area contributed by atoms with Crippen molar-refractivity contribution in [2.24, 2.45) is 0 Å². The molecule has 0 bridgehead atoms. The molecule has 0 radical (unpaired) electrons. The number of nitrogen functional groups attached to an aromatic ring is 1. The van der Waals surface area contributed by atoms with E-state index in [4.69, 9.17) is 28.9 Å². The van der Waals surface area contributed by atoms with Gasteiger partial charge in [-0.05, 0) is 42.0 Å². The fraction of sp³-hybridized carbons (Fsp3) is 0.0769. The molecular formula is C13H10Cl2FNS. The highest BCUT2D eigenvalue weighted by molar-refractivity contribution is 7.98. The molecule has 0 aliphatic rings. The van der Waals surface area contributed by atoms with Gasteiger partial charge in [-0.3, -0.25) is 0 Å². The number of hydrogen-bond donors (Lipinski definition) is 1. The molecule has 2 aromatic rings. The summed E-state index contributed by atoms with van der Waals surface area (Å²) in [5.74, 6) is 0.183. The lowest BCUT2D eigenvalue weighted by Crippen LogP contribution is -1.89. The Kier molecular flexibility index (Phi) is 4.38. The molecule has 0 saturated carbocycles. The summed E-state index contributed by atoms with van der Waals surface area (Å²) in [6, 6.07) is 9.73. The smallest absolute Gasteiger partial charge is 0.127 e. The molecule has 0 aromatic heterocycles. The van der Waals surface area contributed by atoms with Gasteiger partial charge in [0.25, 0.3) is 0 Å². The van der Waals surface area contributed by atoms with Crippen molar-refractivity contribution >= 4 is 40.7 Å². The molecule has 0 amide bonds. The number of anilines is 1. The summed E-state index contributed by atoms with van der Waals surface area (Å²) >= 11 is 13.3. The van der Waals surface area contributed by atoms with Gasteiger partial charge in [0.2, 0.25) is 0 Å². The second-order valence-corrected chi connectivity index (χ2v) is 5.58. The van der Waals surface area contributed by atoms with Crippen LogP contribution in [0.5, 0.6) is 0 Å². The van der Waals surface area contributed by atoms with E-state index in [1.807, 2.05) is 0 Å². The van der Waals surface area contributed by atoms with E-state index in [9.17, 15) is 4.39 Å². The average molecular weight is 302 g/mol. The van der Waals surface area contributed by atoms with Gasteiger partial charge < -0.3 is 5.73 Å². The number of rotatable bonds is 3. The first-order valence-corrected chi connectivity index (χ1v) is 6.92. The van der Waals surface area contributed by atoms with Gasteiger partial charge in [-0.25, -0.2) is 4.39 Å². The van der Waals surface area contributed by atoms with Crippen molar-refractivity contribution in [1.29, 1.82) is 0 Å². The van der Waals surface area contributed by atoms with Crippen LogP contribution in [0.1, 0.15) is 5.56 Å². The number of hydrogen-bond acceptors (Lipinski definition) is 2. The lowest BCUT2D eigenvalue weighted by molar-refractivity contribution is 0.617. The van der Waals surface area contributed by atoms with Gasteiger partial charge >= 0.3 is 0 Å². The maximum atomic E-state index is 13.5. The summed E-state index contributed by atoms with van der Waals surface area (Å²) in [5.41, 5.74) is 6.86. The lowest BCUT2D eigenvalue weighted by atomic mass is 10.2. The molecule has 5 heteroatoms. The van der Waals surface area contributed by atoms with Crippen molar-refractivity contribution in [3.63, 3.8) is 0 Å². The molecule has 94 valence electrons. The van der Waals surface area contributed by atoms with Crippen LogP contribution in [0.2, 0.25) is 10.0 Å². The fourth-order valence-electron chi connectivity index (χ4n) is 1.44. The van der Waals surface area contributed by atoms with Gasteiger partial charge in [0.15, 0.2) is 0 Å². The van der Waals surface area contributed by atoms with Crippen LogP contribution in [-0.4, -0.2) is 0 Å². The molecule has 0 spiro atoms. The molecule has 2 aromatic carbocycles. The van der Waals surface area contributed by atoms with Crippen molar-refractivity contribution in [2.75, 3.05) is 5.73 Å². The zero-order valence-corrected chi connectivity index (χ0v) is 11.6. The van der Waals surface area contributed by atoms with Gasteiger partial charge in [0.05, 0.1) is 5.02 Å². The van der Waals surface area contributed by atoms with Crippen LogP contribution in [0.15, 0.2) is 41.3 Å². The Hall–Kier alpha value is -0.900. The average Bonchev–Trinajstić information content (AvgIpc) is 2.34. The first-order chi connectivity index (χ1) is 8.56. The quantitative estimate of drug-likeness (QED) is 0.637. The maximum Gasteiger partial charge on any atom is 0.127 e. The third-order valence-corrected chi connectivity index (χ3v) is 4.13. The van der Waals surface area contributed by atoms with Crippen molar-refractivity contribution < 1.29 is 4.39 Å². The Morgan fingerprint density at radius 1 is 1.11 bits per heavy atom. The van der Waals surface area contributed by atoms with Gasteiger partial charge in [-0.1, -0.05) is 23.2 Å². The van der Waals surface area contributed by atoms with E-state index >= 15 is 0 Å². The highest BCUT2D eigenvalue weighted by Gasteiger charge is 2.06. The minimum absolute atomic E-state index is 0.271. The molecule has 0 fully saturated rings. The van der Waals surface area contributed by atoms with Crippen LogP contribution in [0.25, 0.3) is 0 Å². The first kappa shape index (κ1) is 13.5. The molecule has 2 rings (SSSR count). The number of benzene rings is 2. The van der Waals surface area contributed by atoms with E-state index in [0.29, 0.717) is 27.0 Å². The van der Waals surface area contributed by atoms with Gasteiger partial charge in [0.1, 0.15) is 5.82 Å². The number of nitrogens with two attached hydrogens (primary N) is 1. The van der Waals surface area contributed by atoms with Crippen molar-refractivity contribution in [3.8, 4) is 0 Å². The van der Waals surface area contributed by atoms with E-state index in [2.05, 4.69) is 0 Å². The highest BCUT2D eigenvalue weighted by atomic mass is 35.5. The van der Waals surface area contributed by atoms with Crippen molar-refractivity contribution in [3.05, 3.63) is 57.8 Å². The molecule has 0 heterocycles. The van der Waals surface area contributed by atoms with Crippen LogP contribution in [0.3, 0.4) is 0 Å². The molecule has 18 heavy (non-hydrogen) atoms. The van der Waals surface area contributed by atoms with Crippen LogP contribution >= 0.6 is 35.0 Å². The molecule has 1 nitrogen and oxygen atoms in total. The summed E-state index contributed by atoms with van der Waals surface area (Å²) < 4.78 is 13.5. The summed E-state index contributed by atoms with van der Waals surface area (Å²) in [6.45, 7) is 0. The second kappa shape index (κ2) is 5.83. The van der Waals surface area contributed by atoms with E-state index in [0.717, 1.165) is 4.90 Å². The fourth-order valence-corrected chi connectivity index (χ4v) is 2.87. The summed E-state index contributed by atoms with van der Waals surface area (Å²) in [4.78, 5) is 0.830. The topological polar surface area (TPSA) is 26.0 Å². The third-order valence-electron chi connectivity index (χ3n) is 2.35. The number of halogens is 3. The van der Waals surface area contributed by atoms with Crippen LogP contribution in [0, 0.1) is 5.82 Å². The third kappa shape index (κ3) is 3.31. The Bertz CT molecular complexity index is 523. The monoisotopic (exact) mass is 301 g/mol. The molecule has 0 unspecified atom stereocenters. The number of thioether (sulfide) groups is 1. The van der Waals surface area contributed by atoms with Gasteiger partial charge in [0, 0.05) is 21.4 Å². The maximum absolute atomic E-state index is 13.5. The highest BCUT2D eigenvalue weighted by Crippen LogP contribution is 2.32. The van der Waals surface area contributed by atoms with Crippen LogP contribution in [0.4, 0.5) is 10.1 Å². The Morgan fingerprint density at radius 2 is 1.89 bits per heavy atom. The Balaban J connectivity index is 2.16. The minimum atomic E-state index is -0.271. The van der Waals surface area contributed by atoms with Gasteiger partial charge in [-0.2, -0.15) is 0 Å². The molecule has 0 aliphatic carbocycles. The first-order valence-electron chi connectivity index (χ1n) is 5.18. The predicted octanol–water partition coefficient (Wildman–Crippen LogP) is 5.01. The SMILES string of the molecule is Nc1ccc(Cl)c(SCc2cc(Cl)ccc2F)c1. The lowest BCUT2D eigenvalue weighted by Gasteiger charge is -2.06. The molecular weight excluding hydrogens is 292 g/mol. The Labute approximate surface area is 119 Å². The van der Waals surface area contributed by atoms with Gasteiger partial charge in [-0.15, -0.1) is 11.8 Å². The zero-order chi connectivity index (χ0) is 13.1. The standard InChI is InChI=1S/C13H10Cl2FNS/c14-9-1-4-12(16)8(5-9)7-18-13-6-10(17)2-3-11(13)15/h1-6H,7,17H2. The molecule has 0 saturated heterocycles. The Morgan fingerprint density at radius 3 is 2.67 bits per heavy atom. The van der Waals surface area contributed by atoms with E-state index < -0.39 is 0 Å². The van der Waals surface area contributed by atoms with Crippen molar-refractivity contribution in [1.82, 2.24) is 0 Å².